The minimum Gasteiger partial charge on any atom is -0.490 e. The quantitative estimate of drug-likeness (QED) is 0.548. The molecular weight excluding hydrogens is 462 g/mol. The van der Waals surface area contributed by atoms with E-state index in [-0.39, 0.29) is 18.3 Å². The number of halogens is 1. The second-order valence-corrected chi connectivity index (χ2v) is 10.6. The number of ketones is 1. The minimum atomic E-state index is -0.782. The Bertz CT molecular complexity index is 828. The Morgan fingerprint density at radius 3 is 2.65 bits per heavy atom. The molecule has 2 unspecified atom stereocenters. The number of nitrogens with zero attached hydrogens (tertiary/aromatic N) is 1. The van der Waals surface area contributed by atoms with E-state index in [1.807, 2.05) is 39.8 Å². The second kappa shape index (κ2) is 9.49. The summed E-state index contributed by atoms with van der Waals surface area (Å²) >= 11 is 3.64. The van der Waals surface area contributed by atoms with Crippen molar-refractivity contribution in [3.05, 3.63) is 27.7 Å². The summed E-state index contributed by atoms with van der Waals surface area (Å²) in [5, 5.41) is 0. The van der Waals surface area contributed by atoms with Crippen LogP contribution in [0.3, 0.4) is 0 Å². The molecule has 3 rings (SSSR count). The van der Waals surface area contributed by atoms with Crippen LogP contribution in [0, 0.1) is 0 Å². The van der Waals surface area contributed by atoms with Gasteiger partial charge in [-0.05, 0) is 99.5 Å². The highest BCUT2D eigenvalue weighted by atomic mass is 79.9. The summed E-state index contributed by atoms with van der Waals surface area (Å²) in [5.41, 5.74) is 0.655. The topological polar surface area (TPSA) is 65.1 Å². The fourth-order valence-electron chi connectivity index (χ4n) is 4.45. The molecule has 0 radical (unpaired) electrons. The van der Waals surface area contributed by atoms with Gasteiger partial charge in [0.15, 0.2) is 0 Å². The van der Waals surface area contributed by atoms with Crippen LogP contribution in [0.15, 0.2) is 16.6 Å². The maximum atomic E-state index is 13.0. The molecule has 0 bridgehead atoms. The van der Waals surface area contributed by atoms with Gasteiger partial charge in [0.25, 0.3) is 0 Å². The lowest BCUT2D eigenvalue weighted by Gasteiger charge is -2.46. The SMILES string of the molecule is CC(=O)CC1(C)c2cc(Br)c(OCC3CCCCO3)cc2CCN1C(=O)OC(C)(C)C. The number of hydrogen-bond acceptors (Lipinski definition) is 5. The van der Waals surface area contributed by atoms with Gasteiger partial charge in [-0.1, -0.05) is 0 Å². The predicted molar refractivity (Wildman–Crippen MR) is 123 cm³/mol. The van der Waals surface area contributed by atoms with Crippen LogP contribution in [0.4, 0.5) is 4.79 Å². The van der Waals surface area contributed by atoms with Crippen LogP contribution in [-0.2, 0) is 26.2 Å². The van der Waals surface area contributed by atoms with Crippen molar-refractivity contribution in [2.24, 2.45) is 0 Å². The molecule has 0 aromatic heterocycles. The standard InChI is InChI=1S/C24H34BrNO5/c1-16(27)14-24(5)19-13-20(25)21(30-15-18-8-6-7-11-29-18)12-17(19)9-10-26(24)22(28)31-23(2,3)4/h12-13,18H,6-11,14-15H2,1-5H3. The fraction of sp³-hybridized carbons (Fsp3) is 0.667. The van der Waals surface area contributed by atoms with E-state index in [9.17, 15) is 9.59 Å². The lowest BCUT2D eigenvalue weighted by Crippen LogP contribution is -2.53. The third kappa shape index (κ3) is 5.80. The monoisotopic (exact) mass is 495 g/mol. The first-order valence-corrected chi connectivity index (χ1v) is 11.9. The van der Waals surface area contributed by atoms with Crippen LogP contribution in [0.1, 0.15) is 71.4 Å². The first-order valence-electron chi connectivity index (χ1n) is 11.1. The highest BCUT2D eigenvalue weighted by Gasteiger charge is 2.44. The summed E-state index contributed by atoms with van der Waals surface area (Å²) < 4.78 is 18.3. The Balaban J connectivity index is 1.88. The molecule has 6 nitrogen and oxygen atoms in total. The number of fused-ring (bicyclic) bond motifs is 1. The highest BCUT2D eigenvalue weighted by Crippen LogP contribution is 2.43. The number of benzene rings is 1. The van der Waals surface area contributed by atoms with Crippen molar-refractivity contribution in [3.63, 3.8) is 0 Å². The Morgan fingerprint density at radius 1 is 1.29 bits per heavy atom. The molecular formula is C24H34BrNO5. The molecule has 2 aliphatic heterocycles. The molecule has 7 heteroatoms. The molecule has 1 amide bonds. The van der Waals surface area contributed by atoms with Crippen molar-refractivity contribution >= 4 is 27.8 Å². The van der Waals surface area contributed by atoms with Gasteiger partial charge in [0, 0.05) is 19.6 Å². The number of Topliss-reactive ketones (excluding diaryl/α,β-unsaturated/α-hetero) is 1. The van der Waals surface area contributed by atoms with E-state index in [0.717, 1.165) is 40.8 Å². The number of carbonyl (C=O) groups is 2. The van der Waals surface area contributed by atoms with Crippen LogP contribution >= 0.6 is 15.9 Å². The van der Waals surface area contributed by atoms with Crippen molar-refractivity contribution in [1.82, 2.24) is 4.90 Å². The normalized spacial score (nSPS) is 23.8. The van der Waals surface area contributed by atoms with Gasteiger partial charge in [-0.25, -0.2) is 4.79 Å². The summed E-state index contributed by atoms with van der Waals surface area (Å²) in [6.45, 7) is 10.8. The molecule has 1 aromatic rings. The van der Waals surface area contributed by atoms with E-state index >= 15 is 0 Å². The summed E-state index contributed by atoms with van der Waals surface area (Å²) in [6, 6.07) is 4.03. The third-order valence-electron chi connectivity index (χ3n) is 5.84. The molecule has 31 heavy (non-hydrogen) atoms. The molecule has 0 spiro atoms. The van der Waals surface area contributed by atoms with Crippen molar-refractivity contribution in [3.8, 4) is 5.75 Å². The molecule has 1 fully saturated rings. The summed E-state index contributed by atoms with van der Waals surface area (Å²) in [7, 11) is 0. The second-order valence-electron chi connectivity index (χ2n) is 9.77. The summed E-state index contributed by atoms with van der Waals surface area (Å²) in [6.07, 6.45) is 3.93. The molecule has 2 atom stereocenters. The smallest absolute Gasteiger partial charge is 0.411 e. The molecule has 0 N–H and O–H groups in total. The van der Waals surface area contributed by atoms with Crippen molar-refractivity contribution in [2.75, 3.05) is 19.8 Å². The summed E-state index contributed by atoms with van der Waals surface area (Å²) in [5.74, 6) is 0.790. The Labute approximate surface area is 193 Å². The van der Waals surface area contributed by atoms with Crippen molar-refractivity contribution < 1.29 is 23.8 Å². The van der Waals surface area contributed by atoms with Crippen LogP contribution in [0.25, 0.3) is 0 Å². The van der Waals surface area contributed by atoms with E-state index in [1.165, 1.54) is 6.42 Å². The molecule has 172 valence electrons. The van der Waals surface area contributed by atoms with Crippen LogP contribution < -0.4 is 4.74 Å². The zero-order valence-electron chi connectivity index (χ0n) is 19.3. The van der Waals surface area contributed by atoms with Gasteiger partial charge in [-0.3, -0.25) is 9.69 Å². The van der Waals surface area contributed by atoms with Gasteiger partial charge in [-0.2, -0.15) is 0 Å². The van der Waals surface area contributed by atoms with Crippen LogP contribution in [-0.4, -0.2) is 48.2 Å². The van der Waals surface area contributed by atoms with Crippen molar-refractivity contribution in [2.45, 2.75) is 84.0 Å². The number of rotatable bonds is 5. The first-order chi connectivity index (χ1) is 14.5. The van der Waals surface area contributed by atoms with Crippen LogP contribution in [0.5, 0.6) is 5.75 Å². The molecule has 0 saturated carbocycles. The van der Waals surface area contributed by atoms with Gasteiger partial charge in [0.05, 0.1) is 16.1 Å². The number of hydrogen-bond donors (Lipinski definition) is 0. The van der Waals surface area contributed by atoms with Gasteiger partial charge >= 0.3 is 6.09 Å². The first kappa shape index (κ1) is 24.1. The molecule has 1 saturated heterocycles. The summed E-state index contributed by atoms with van der Waals surface area (Å²) in [4.78, 5) is 26.9. The lowest BCUT2D eigenvalue weighted by atomic mass is 9.79. The predicted octanol–water partition coefficient (Wildman–Crippen LogP) is 5.38. The molecule has 2 heterocycles. The Kier molecular flexibility index (Phi) is 7.36. The maximum absolute atomic E-state index is 13.0. The number of amides is 1. The van der Waals surface area contributed by atoms with Gasteiger partial charge in [-0.15, -0.1) is 0 Å². The molecule has 1 aromatic carbocycles. The van der Waals surface area contributed by atoms with E-state index < -0.39 is 17.2 Å². The minimum absolute atomic E-state index is 0.0230. The van der Waals surface area contributed by atoms with Crippen molar-refractivity contribution in [1.29, 1.82) is 0 Å². The van der Waals surface area contributed by atoms with Gasteiger partial charge in [0.1, 0.15) is 23.7 Å². The van der Waals surface area contributed by atoms with Gasteiger partial charge < -0.3 is 14.2 Å². The van der Waals surface area contributed by atoms with E-state index in [0.29, 0.717) is 19.6 Å². The fourth-order valence-corrected chi connectivity index (χ4v) is 4.90. The number of ether oxygens (including phenoxy) is 3. The van der Waals surface area contributed by atoms with E-state index in [2.05, 4.69) is 15.9 Å². The van der Waals surface area contributed by atoms with Gasteiger partial charge in [0.2, 0.25) is 0 Å². The number of carbonyl (C=O) groups excluding carboxylic acids is 2. The third-order valence-corrected chi connectivity index (χ3v) is 6.46. The van der Waals surface area contributed by atoms with E-state index in [1.54, 1.807) is 11.8 Å². The Morgan fingerprint density at radius 2 is 2.03 bits per heavy atom. The molecule has 0 aliphatic carbocycles. The largest absolute Gasteiger partial charge is 0.490 e. The highest BCUT2D eigenvalue weighted by molar-refractivity contribution is 9.10. The Hall–Kier alpha value is -1.60. The van der Waals surface area contributed by atoms with E-state index in [4.69, 9.17) is 14.2 Å². The van der Waals surface area contributed by atoms with Crippen LogP contribution in [0.2, 0.25) is 0 Å². The average Bonchev–Trinajstić information content (AvgIpc) is 2.66. The average molecular weight is 496 g/mol. The lowest BCUT2D eigenvalue weighted by molar-refractivity contribution is -0.120. The zero-order valence-corrected chi connectivity index (χ0v) is 20.8. The molecule has 2 aliphatic rings. The zero-order chi connectivity index (χ0) is 22.8. The maximum Gasteiger partial charge on any atom is 0.411 e.